The summed E-state index contributed by atoms with van der Waals surface area (Å²) in [4.78, 5) is 5.84. The number of hydrogen-bond donors (Lipinski definition) is 1. The van der Waals surface area contributed by atoms with Crippen LogP contribution in [0, 0.1) is 11.6 Å². The number of anilines is 1. The van der Waals surface area contributed by atoms with E-state index in [1.807, 2.05) is 18.3 Å². The Labute approximate surface area is 122 Å². The molecule has 1 aromatic heterocycles. The van der Waals surface area contributed by atoms with E-state index in [2.05, 4.69) is 10.3 Å². The van der Waals surface area contributed by atoms with Crippen LogP contribution in [0.25, 0.3) is 0 Å². The van der Waals surface area contributed by atoms with Gasteiger partial charge in [0.15, 0.2) is 0 Å². The predicted molar refractivity (Wildman–Crippen MR) is 78.1 cm³/mol. The van der Waals surface area contributed by atoms with Gasteiger partial charge in [0.2, 0.25) is 0 Å². The first-order valence-electron chi connectivity index (χ1n) is 7.05. The molecule has 3 nitrogen and oxygen atoms in total. The predicted octanol–water partition coefficient (Wildman–Crippen LogP) is 2.73. The number of hydrogen-bond acceptors (Lipinski definition) is 3. The number of pyridine rings is 1. The smallest absolute Gasteiger partial charge is 0.149 e. The van der Waals surface area contributed by atoms with Crippen molar-refractivity contribution in [2.45, 2.75) is 19.0 Å². The molecule has 1 aliphatic heterocycles. The van der Waals surface area contributed by atoms with Crippen molar-refractivity contribution in [3.05, 3.63) is 59.9 Å². The minimum Gasteiger partial charge on any atom is -0.365 e. The molecule has 2 aromatic rings. The minimum atomic E-state index is -0.497. The van der Waals surface area contributed by atoms with Gasteiger partial charge in [-0.15, -0.1) is 0 Å². The van der Waals surface area contributed by atoms with E-state index in [-0.39, 0.29) is 11.7 Å². The summed E-state index contributed by atoms with van der Waals surface area (Å²) in [5, 5.41) is 3.41. The summed E-state index contributed by atoms with van der Waals surface area (Å²) in [6.45, 7) is 1.98. The van der Waals surface area contributed by atoms with Crippen LogP contribution in [-0.4, -0.2) is 24.1 Å². The molecule has 110 valence electrons. The summed E-state index contributed by atoms with van der Waals surface area (Å²) in [7, 11) is 0. The summed E-state index contributed by atoms with van der Waals surface area (Å²) in [6, 6.07) is 8.12. The monoisotopic (exact) mass is 289 g/mol. The Morgan fingerprint density at radius 2 is 2.00 bits per heavy atom. The molecule has 0 radical (unpaired) electrons. The van der Waals surface area contributed by atoms with E-state index >= 15 is 0 Å². The Balaban J connectivity index is 1.61. The average molecular weight is 289 g/mol. The van der Waals surface area contributed by atoms with Crippen LogP contribution in [0.5, 0.6) is 0 Å². The Hall–Kier alpha value is -2.01. The second-order valence-corrected chi connectivity index (χ2v) is 5.24. The molecule has 1 unspecified atom stereocenters. The van der Waals surface area contributed by atoms with E-state index in [9.17, 15) is 8.78 Å². The molecule has 1 atom stereocenters. The molecule has 3 rings (SSSR count). The molecule has 5 heteroatoms. The van der Waals surface area contributed by atoms with E-state index in [0.29, 0.717) is 19.6 Å². The number of para-hydroxylation sites is 1. The number of rotatable bonds is 4. The lowest BCUT2D eigenvalue weighted by Gasteiger charge is -2.20. The highest BCUT2D eigenvalue weighted by atomic mass is 19.1. The zero-order valence-corrected chi connectivity index (χ0v) is 11.6. The van der Waals surface area contributed by atoms with Crippen molar-refractivity contribution in [3.63, 3.8) is 0 Å². The standard InChI is InChI=1S/C16H17F2N3/c17-14-4-1-5-15(18)16(14)21-8-6-13(11-21)20-10-12-3-2-7-19-9-12/h1-5,7,9,13,20H,6,8,10-11H2. The second kappa shape index (κ2) is 6.18. The van der Waals surface area contributed by atoms with E-state index in [4.69, 9.17) is 0 Å². The summed E-state index contributed by atoms with van der Waals surface area (Å²) in [5.41, 5.74) is 1.19. The number of nitrogens with one attached hydrogen (secondary N) is 1. The van der Waals surface area contributed by atoms with E-state index in [0.717, 1.165) is 12.0 Å². The maximum atomic E-state index is 13.8. The van der Waals surface area contributed by atoms with Gasteiger partial charge in [-0.25, -0.2) is 8.78 Å². The van der Waals surface area contributed by atoms with Crippen LogP contribution >= 0.6 is 0 Å². The quantitative estimate of drug-likeness (QED) is 0.938. The maximum absolute atomic E-state index is 13.8. The Kier molecular flexibility index (Phi) is 4.10. The number of benzene rings is 1. The maximum Gasteiger partial charge on any atom is 0.149 e. The molecule has 2 heterocycles. The van der Waals surface area contributed by atoms with Crippen molar-refractivity contribution < 1.29 is 8.78 Å². The first-order chi connectivity index (χ1) is 10.2. The molecule has 1 N–H and O–H groups in total. The second-order valence-electron chi connectivity index (χ2n) is 5.24. The van der Waals surface area contributed by atoms with Gasteiger partial charge in [0.1, 0.15) is 17.3 Å². The van der Waals surface area contributed by atoms with Crippen molar-refractivity contribution in [2.75, 3.05) is 18.0 Å². The fourth-order valence-corrected chi connectivity index (χ4v) is 2.69. The van der Waals surface area contributed by atoms with E-state index in [1.165, 1.54) is 18.2 Å². The van der Waals surface area contributed by atoms with Crippen LogP contribution in [0.2, 0.25) is 0 Å². The van der Waals surface area contributed by atoms with Crippen LogP contribution in [0.4, 0.5) is 14.5 Å². The number of nitrogens with zero attached hydrogens (tertiary/aromatic N) is 2. The molecule has 21 heavy (non-hydrogen) atoms. The van der Waals surface area contributed by atoms with Crippen LogP contribution in [-0.2, 0) is 6.54 Å². The van der Waals surface area contributed by atoms with Gasteiger partial charge in [-0.2, -0.15) is 0 Å². The van der Waals surface area contributed by atoms with Crippen LogP contribution in [0.1, 0.15) is 12.0 Å². The topological polar surface area (TPSA) is 28.2 Å². The highest BCUT2D eigenvalue weighted by molar-refractivity contribution is 5.50. The first-order valence-corrected chi connectivity index (χ1v) is 7.05. The number of halogens is 2. The fraction of sp³-hybridized carbons (Fsp3) is 0.312. The first kappa shape index (κ1) is 13.9. The normalized spacial score (nSPS) is 18.2. The van der Waals surface area contributed by atoms with Gasteiger partial charge in [-0.3, -0.25) is 4.98 Å². The van der Waals surface area contributed by atoms with Gasteiger partial charge >= 0.3 is 0 Å². The van der Waals surface area contributed by atoms with Crippen molar-refractivity contribution >= 4 is 5.69 Å². The summed E-state index contributed by atoms with van der Waals surface area (Å²) in [5.74, 6) is -0.995. The van der Waals surface area contributed by atoms with Gasteiger partial charge in [0, 0.05) is 38.1 Å². The molecule has 0 spiro atoms. The van der Waals surface area contributed by atoms with Gasteiger partial charge in [0.25, 0.3) is 0 Å². The summed E-state index contributed by atoms with van der Waals surface area (Å²) < 4.78 is 27.5. The van der Waals surface area contributed by atoms with Gasteiger partial charge in [0.05, 0.1) is 0 Å². The van der Waals surface area contributed by atoms with Crippen molar-refractivity contribution in [2.24, 2.45) is 0 Å². The Morgan fingerprint density at radius 1 is 1.19 bits per heavy atom. The number of aromatic nitrogens is 1. The third-order valence-corrected chi connectivity index (χ3v) is 3.76. The van der Waals surface area contributed by atoms with Gasteiger partial charge < -0.3 is 10.2 Å². The van der Waals surface area contributed by atoms with E-state index in [1.54, 1.807) is 11.1 Å². The lowest BCUT2D eigenvalue weighted by molar-refractivity contribution is 0.546. The lowest BCUT2D eigenvalue weighted by atomic mass is 10.2. The van der Waals surface area contributed by atoms with Crippen molar-refractivity contribution in [1.82, 2.24) is 10.3 Å². The largest absolute Gasteiger partial charge is 0.365 e. The molecule has 1 aromatic carbocycles. The van der Waals surface area contributed by atoms with Crippen molar-refractivity contribution in [3.8, 4) is 0 Å². The van der Waals surface area contributed by atoms with Gasteiger partial charge in [-0.1, -0.05) is 12.1 Å². The molecule has 0 saturated carbocycles. The molecular formula is C16H17F2N3. The average Bonchev–Trinajstić information content (AvgIpc) is 2.95. The molecule has 0 bridgehead atoms. The molecule has 1 saturated heterocycles. The molecular weight excluding hydrogens is 272 g/mol. The Morgan fingerprint density at radius 3 is 2.71 bits per heavy atom. The molecule has 0 aliphatic carbocycles. The van der Waals surface area contributed by atoms with Crippen LogP contribution in [0.3, 0.4) is 0 Å². The molecule has 0 amide bonds. The zero-order chi connectivity index (χ0) is 14.7. The Bertz CT molecular complexity index is 583. The van der Waals surface area contributed by atoms with E-state index < -0.39 is 11.6 Å². The third-order valence-electron chi connectivity index (χ3n) is 3.76. The SMILES string of the molecule is Fc1cccc(F)c1N1CCC(NCc2cccnc2)C1. The highest BCUT2D eigenvalue weighted by Gasteiger charge is 2.26. The molecule has 1 fully saturated rings. The summed E-state index contributed by atoms with van der Waals surface area (Å²) >= 11 is 0. The zero-order valence-electron chi connectivity index (χ0n) is 11.6. The highest BCUT2D eigenvalue weighted by Crippen LogP contribution is 2.26. The lowest BCUT2D eigenvalue weighted by Crippen LogP contribution is -2.32. The van der Waals surface area contributed by atoms with Crippen LogP contribution < -0.4 is 10.2 Å². The van der Waals surface area contributed by atoms with Crippen molar-refractivity contribution in [1.29, 1.82) is 0 Å². The van der Waals surface area contributed by atoms with Gasteiger partial charge in [-0.05, 0) is 30.2 Å². The minimum absolute atomic E-state index is 0.0863. The molecule has 1 aliphatic rings. The van der Waals surface area contributed by atoms with Crippen LogP contribution in [0.15, 0.2) is 42.7 Å². The fourth-order valence-electron chi connectivity index (χ4n) is 2.69. The third kappa shape index (κ3) is 3.19. The summed E-state index contributed by atoms with van der Waals surface area (Å²) in [6.07, 6.45) is 4.42.